The second kappa shape index (κ2) is 13.3. The third kappa shape index (κ3) is 9.18. The zero-order chi connectivity index (χ0) is 26.9. The van der Waals surface area contributed by atoms with Gasteiger partial charge < -0.3 is 14.6 Å². The predicted molar refractivity (Wildman–Crippen MR) is 142 cm³/mol. The lowest BCUT2D eigenvalue weighted by Crippen LogP contribution is -2.35. The summed E-state index contributed by atoms with van der Waals surface area (Å²) in [4.78, 5) is 15.3. The zero-order valence-electron chi connectivity index (χ0n) is 22.7. The van der Waals surface area contributed by atoms with Gasteiger partial charge >= 0.3 is 5.97 Å². The van der Waals surface area contributed by atoms with E-state index in [9.17, 15) is 9.90 Å². The SMILES string of the molecule is C=C(C)/C=C(\C=C(\C)COC(C)(C)C(=O)O)CN(CCOC)Cc1nn(-c2ccc(C)cc2)nc1C. The van der Waals surface area contributed by atoms with Crippen molar-refractivity contribution in [3.8, 4) is 5.69 Å². The molecule has 0 amide bonds. The largest absolute Gasteiger partial charge is 0.479 e. The highest BCUT2D eigenvalue weighted by Gasteiger charge is 2.27. The van der Waals surface area contributed by atoms with Crippen molar-refractivity contribution in [1.82, 2.24) is 19.9 Å². The van der Waals surface area contributed by atoms with E-state index in [2.05, 4.69) is 23.5 Å². The molecular formula is C28H40N4O4. The van der Waals surface area contributed by atoms with E-state index in [0.717, 1.165) is 33.8 Å². The van der Waals surface area contributed by atoms with Gasteiger partial charge in [-0.05, 0) is 64.8 Å². The number of hydrogen-bond acceptors (Lipinski definition) is 6. The fraction of sp³-hybridized carbons (Fsp3) is 0.464. The van der Waals surface area contributed by atoms with Crippen LogP contribution in [0.5, 0.6) is 0 Å². The maximum atomic E-state index is 11.4. The highest BCUT2D eigenvalue weighted by Crippen LogP contribution is 2.16. The van der Waals surface area contributed by atoms with Crippen LogP contribution in [-0.2, 0) is 20.8 Å². The number of methoxy groups -OCH3 is 1. The Bertz CT molecular complexity index is 1100. The fourth-order valence-corrected chi connectivity index (χ4v) is 3.42. The maximum Gasteiger partial charge on any atom is 0.335 e. The smallest absolute Gasteiger partial charge is 0.335 e. The van der Waals surface area contributed by atoms with Crippen molar-refractivity contribution in [2.24, 2.45) is 0 Å². The molecule has 0 aliphatic heterocycles. The monoisotopic (exact) mass is 496 g/mol. The van der Waals surface area contributed by atoms with Crippen LogP contribution in [0.15, 0.2) is 59.7 Å². The van der Waals surface area contributed by atoms with E-state index in [0.29, 0.717) is 26.2 Å². The third-order valence-corrected chi connectivity index (χ3v) is 5.57. The minimum Gasteiger partial charge on any atom is -0.479 e. The number of aromatic nitrogens is 3. The van der Waals surface area contributed by atoms with Crippen molar-refractivity contribution in [2.45, 2.75) is 53.7 Å². The second-order valence-electron chi connectivity index (χ2n) is 9.72. The van der Waals surface area contributed by atoms with Crippen LogP contribution in [0.25, 0.3) is 5.69 Å². The number of benzene rings is 1. The Kier molecular flexibility index (Phi) is 10.8. The summed E-state index contributed by atoms with van der Waals surface area (Å²) < 4.78 is 11.0. The summed E-state index contributed by atoms with van der Waals surface area (Å²) >= 11 is 0. The Morgan fingerprint density at radius 2 is 1.83 bits per heavy atom. The molecule has 0 spiro atoms. The number of ether oxygens (including phenoxy) is 2. The van der Waals surface area contributed by atoms with E-state index < -0.39 is 11.6 Å². The molecule has 0 aliphatic carbocycles. The topological polar surface area (TPSA) is 89.7 Å². The molecule has 0 fully saturated rings. The third-order valence-electron chi connectivity index (χ3n) is 5.57. The molecule has 1 aromatic carbocycles. The second-order valence-corrected chi connectivity index (χ2v) is 9.72. The molecule has 0 bridgehead atoms. The molecule has 1 aromatic heterocycles. The van der Waals surface area contributed by atoms with E-state index in [1.165, 1.54) is 5.56 Å². The summed E-state index contributed by atoms with van der Waals surface area (Å²) in [5.74, 6) is -0.993. The van der Waals surface area contributed by atoms with Crippen LogP contribution in [0.3, 0.4) is 0 Å². The van der Waals surface area contributed by atoms with E-state index in [1.54, 1.807) is 25.8 Å². The van der Waals surface area contributed by atoms with Crippen molar-refractivity contribution in [3.05, 3.63) is 76.7 Å². The quantitative estimate of drug-likeness (QED) is 0.381. The van der Waals surface area contributed by atoms with Gasteiger partial charge in [-0.2, -0.15) is 15.0 Å². The van der Waals surface area contributed by atoms with E-state index in [1.807, 2.05) is 57.2 Å². The van der Waals surface area contributed by atoms with Crippen molar-refractivity contribution < 1.29 is 19.4 Å². The standard InChI is InChI=1S/C28H40N4O4/c1-20(2)15-24(16-22(4)19-36-28(6,7)27(33)34)17-31(13-14-35-8)18-26-23(5)29-32(30-26)25-11-9-21(3)10-12-25/h9-12,15-16H,1,13-14,17-19H2,2-8H3,(H,33,34)/b22-16-,24-15+. The predicted octanol–water partition coefficient (Wildman–Crippen LogP) is 4.66. The van der Waals surface area contributed by atoms with Gasteiger partial charge in [0.05, 0.1) is 24.6 Å². The lowest BCUT2D eigenvalue weighted by Gasteiger charge is -2.23. The van der Waals surface area contributed by atoms with Crippen LogP contribution in [0, 0.1) is 13.8 Å². The molecule has 196 valence electrons. The first-order chi connectivity index (χ1) is 16.9. The number of aryl methyl sites for hydroxylation is 2. The van der Waals surface area contributed by atoms with Crippen molar-refractivity contribution >= 4 is 5.97 Å². The van der Waals surface area contributed by atoms with Crippen LogP contribution < -0.4 is 0 Å². The number of carboxylic acids is 1. The number of nitrogens with zero attached hydrogens (tertiary/aromatic N) is 4. The average molecular weight is 497 g/mol. The number of hydrogen-bond donors (Lipinski definition) is 1. The molecule has 0 radical (unpaired) electrons. The van der Waals surface area contributed by atoms with Crippen LogP contribution in [0.4, 0.5) is 0 Å². The molecule has 0 aliphatic rings. The lowest BCUT2D eigenvalue weighted by molar-refractivity contribution is -0.160. The van der Waals surface area contributed by atoms with Gasteiger partial charge in [0, 0.05) is 26.7 Å². The van der Waals surface area contributed by atoms with E-state index in [-0.39, 0.29) is 6.61 Å². The normalized spacial score (nSPS) is 12.9. The summed E-state index contributed by atoms with van der Waals surface area (Å²) in [6.45, 7) is 17.8. The zero-order valence-corrected chi connectivity index (χ0v) is 22.7. The highest BCUT2D eigenvalue weighted by atomic mass is 16.5. The molecule has 2 rings (SSSR count). The van der Waals surface area contributed by atoms with Crippen LogP contribution in [0.2, 0.25) is 0 Å². The summed E-state index contributed by atoms with van der Waals surface area (Å²) in [5.41, 5.74) is 5.51. The Morgan fingerprint density at radius 3 is 2.42 bits per heavy atom. The summed E-state index contributed by atoms with van der Waals surface area (Å²) in [5, 5.41) is 18.7. The van der Waals surface area contributed by atoms with Gasteiger partial charge in [0.25, 0.3) is 0 Å². The Hall–Kier alpha value is -3.07. The Balaban J connectivity index is 2.23. The first-order valence-electron chi connectivity index (χ1n) is 12.0. The Morgan fingerprint density at radius 1 is 1.17 bits per heavy atom. The molecule has 0 saturated carbocycles. The average Bonchev–Trinajstić information content (AvgIpc) is 3.16. The molecule has 8 nitrogen and oxygen atoms in total. The number of carbonyl (C=O) groups is 1. The van der Waals surface area contributed by atoms with Crippen molar-refractivity contribution in [2.75, 3.05) is 33.4 Å². The first kappa shape index (κ1) is 29.2. The maximum absolute atomic E-state index is 11.4. The molecule has 0 unspecified atom stereocenters. The summed E-state index contributed by atoms with van der Waals surface area (Å²) in [6, 6.07) is 8.11. The first-order valence-corrected chi connectivity index (χ1v) is 12.0. The van der Waals surface area contributed by atoms with Crippen molar-refractivity contribution in [1.29, 1.82) is 0 Å². The molecule has 0 saturated heterocycles. The van der Waals surface area contributed by atoms with Gasteiger partial charge in [0.1, 0.15) is 5.69 Å². The van der Waals surface area contributed by atoms with Gasteiger partial charge in [0.15, 0.2) is 5.60 Å². The summed E-state index contributed by atoms with van der Waals surface area (Å²) in [6.07, 6.45) is 4.06. The number of allylic oxidation sites excluding steroid dienone is 2. The van der Waals surface area contributed by atoms with Gasteiger partial charge in [0.2, 0.25) is 0 Å². The number of carboxylic acid groups (broad SMARTS) is 1. The van der Waals surface area contributed by atoms with Crippen LogP contribution in [0.1, 0.15) is 44.6 Å². The highest BCUT2D eigenvalue weighted by molar-refractivity contribution is 5.76. The van der Waals surface area contributed by atoms with Gasteiger partial charge in [-0.1, -0.05) is 42.0 Å². The van der Waals surface area contributed by atoms with E-state index in [4.69, 9.17) is 14.6 Å². The van der Waals surface area contributed by atoms with Gasteiger partial charge in [-0.25, -0.2) is 4.79 Å². The summed E-state index contributed by atoms with van der Waals surface area (Å²) in [7, 11) is 1.69. The lowest BCUT2D eigenvalue weighted by atomic mass is 10.1. The molecular weight excluding hydrogens is 456 g/mol. The van der Waals surface area contributed by atoms with Crippen molar-refractivity contribution in [3.63, 3.8) is 0 Å². The van der Waals surface area contributed by atoms with Gasteiger partial charge in [-0.15, -0.1) is 0 Å². The molecule has 8 heteroatoms. The Labute approximate surface area is 214 Å². The molecule has 36 heavy (non-hydrogen) atoms. The van der Waals surface area contributed by atoms with Crippen LogP contribution in [-0.4, -0.2) is 70.0 Å². The fourth-order valence-electron chi connectivity index (χ4n) is 3.42. The van der Waals surface area contributed by atoms with Crippen LogP contribution >= 0.6 is 0 Å². The van der Waals surface area contributed by atoms with Gasteiger partial charge in [-0.3, -0.25) is 4.90 Å². The molecule has 0 atom stereocenters. The molecule has 2 aromatic rings. The number of rotatable bonds is 14. The molecule has 1 heterocycles. The minimum absolute atomic E-state index is 0.217. The minimum atomic E-state index is -1.25. The molecule has 1 N–H and O–H groups in total. The van der Waals surface area contributed by atoms with E-state index >= 15 is 0 Å². The number of aliphatic carboxylic acids is 1.